The van der Waals surface area contributed by atoms with Gasteiger partial charge >= 0.3 is 0 Å². The topological polar surface area (TPSA) is 63.0 Å². The van der Waals surface area contributed by atoms with Crippen LogP contribution in [0.2, 0.25) is 0 Å². The van der Waals surface area contributed by atoms with Gasteiger partial charge < -0.3 is 19.0 Å². The molecule has 1 fully saturated rings. The van der Waals surface area contributed by atoms with Gasteiger partial charge in [-0.1, -0.05) is 18.2 Å². The molecule has 0 saturated carbocycles. The fourth-order valence-corrected chi connectivity index (χ4v) is 4.84. The minimum Gasteiger partial charge on any atom is -0.487 e. The van der Waals surface area contributed by atoms with Crippen molar-refractivity contribution >= 4 is 11.8 Å². The largest absolute Gasteiger partial charge is 0.487 e. The molecule has 1 spiro atoms. The van der Waals surface area contributed by atoms with E-state index < -0.39 is 0 Å². The first kappa shape index (κ1) is 20.5. The molecule has 1 saturated heterocycles. The summed E-state index contributed by atoms with van der Waals surface area (Å²) in [6.45, 7) is 6.79. The van der Waals surface area contributed by atoms with Crippen LogP contribution in [0.15, 0.2) is 47.3 Å². The van der Waals surface area contributed by atoms with E-state index in [1.165, 1.54) is 12.5 Å². The van der Waals surface area contributed by atoms with E-state index in [0.717, 1.165) is 43.7 Å². The molecule has 0 bridgehead atoms. The number of piperidine rings is 1. The Hall–Kier alpha value is -2.76. The molecule has 0 aliphatic carbocycles. The second-order valence-electron chi connectivity index (χ2n) is 8.30. The normalized spacial score (nSPS) is 19.8. The lowest BCUT2D eigenvalue weighted by atomic mass is 9.76. The number of para-hydroxylation sites is 1. The van der Waals surface area contributed by atoms with Gasteiger partial charge in [0.2, 0.25) is 5.91 Å². The summed E-state index contributed by atoms with van der Waals surface area (Å²) in [5.41, 5.74) is 1.39. The van der Waals surface area contributed by atoms with Gasteiger partial charge in [0.15, 0.2) is 0 Å². The molecule has 3 heterocycles. The molecule has 6 heteroatoms. The predicted octanol–water partition coefficient (Wildman–Crippen LogP) is 4.08. The summed E-state index contributed by atoms with van der Waals surface area (Å²) >= 11 is 0. The number of hydrogen-bond donors (Lipinski definition) is 0. The van der Waals surface area contributed by atoms with Gasteiger partial charge in [0, 0.05) is 51.4 Å². The summed E-state index contributed by atoms with van der Waals surface area (Å²) in [6.07, 6.45) is 5.86. The number of carbonyl (C=O) groups is 2. The van der Waals surface area contributed by atoms with E-state index in [9.17, 15) is 9.59 Å². The van der Waals surface area contributed by atoms with Crippen LogP contribution < -0.4 is 4.74 Å². The maximum absolute atomic E-state index is 12.9. The Balaban J connectivity index is 1.50. The average Bonchev–Trinajstić information content (AvgIpc) is 3.30. The SMILES string of the molecule is CCN(CC)C(=O)C[C@H]1CC2(CCN(C(=O)c3ccoc3)CC2)Oc2ccccc21. The van der Waals surface area contributed by atoms with Gasteiger partial charge in [-0.05, 0) is 38.0 Å². The van der Waals surface area contributed by atoms with Crippen molar-refractivity contribution in [2.45, 2.75) is 51.0 Å². The summed E-state index contributed by atoms with van der Waals surface area (Å²) < 4.78 is 11.6. The smallest absolute Gasteiger partial charge is 0.257 e. The molecule has 2 amide bonds. The number of benzene rings is 1. The second kappa shape index (κ2) is 8.54. The number of ether oxygens (including phenoxy) is 1. The first-order valence-electron chi connectivity index (χ1n) is 10.9. The fraction of sp³-hybridized carbons (Fsp3) is 0.500. The lowest BCUT2D eigenvalue weighted by molar-refractivity contribution is -0.131. The summed E-state index contributed by atoms with van der Waals surface area (Å²) in [6, 6.07) is 9.79. The highest BCUT2D eigenvalue weighted by Gasteiger charge is 2.44. The molecule has 1 atom stereocenters. The van der Waals surface area contributed by atoms with Crippen molar-refractivity contribution in [3.63, 3.8) is 0 Å². The fourth-order valence-electron chi connectivity index (χ4n) is 4.84. The lowest BCUT2D eigenvalue weighted by Crippen LogP contribution is -2.52. The number of furan rings is 1. The molecule has 160 valence electrons. The Kier molecular flexibility index (Phi) is 5.84. The van der Waals surface area contributed by atoms with Crippen LogP contribution in [-0.4, -0.2) is 53.4 Å². The zero-order valence-electron chi connectivity index (χ0n) is 17.8. The number of fused-ring (bicyclic) bond motifs is 1. The van der Waals surface area contributed by atoms with Gasteiger partial charge in [0.1, 0.15) is 17.6 Å². The van der Waals surface area contributed by atoms with E-state index in [0.29, 0.717) is 25.1 Å². The van der Waals surface area contributed by atoms with Crippen molar-refractivity contribution in [2.24, 2.45) is 0 Å². The number of likely N-dealkylation sites (tertiary alicyclic amines) is 1. The molecule has 1 aromatic heterocycles. The zero-order chi connectivity index (χ0) is 21.1. The van der Waals surface area contributed by atoms with E-state index in [2.05, 4.69) is 6.07 Å². The van der Waals surface area contributed by atoms with Crippen molar-refractivity contribution < 1.29 is 18.7 Å². The first-order chi connectivity index (χ1) is 14.5. The van der Waals surface area contributed by atoms with Crippen molar-refractivity contribution in [3.05, 3.63) is 54.0 Å². The van der Waals surface area contributed by atoms with Crippen molar-refractivity contribution in [1.82, 2.24) is 9.80 Å². The standard InChI is InChI=1S/C24H30N2O4/c1-3-25(4-2)22(27)15-19-16-24(30-21-8-6-5-7-20(19)21)10-12-26(13-11-24)23(28)18-9-14-29-17-18/h5-9,14,17,19H,3-4,10-13,15-16H2,1-2H3/t19-/m0/s1. The molecule has 1 aromatic carbocycles. The molecular weight excluding hydrogens is 380 g/mol. The summed E-state index contributed by atoms with van der Waals surface area (Å²) in [4.78, 5) is 29.3. The molecular formula is C24H30N2O4. The first-order valence-corrected chi connectivity index (χ1v) is 10.9. The van der Waals surface area contributed by atoms with Gasteiger partial charge in [0.25, 0.3) is 5.91 Å². The van der Waals surface area contributed by atoms with Crippen LogP contribution in [0, 0.1) is 0 Å². The molecule has 2 aliphatic heterocycles. The molecule has 4 rings (SSSR count). The Labute approximate surface area is 177 Å². The van der Waals surface area contributed by atoms with E-state index in [4.69, 9.17) is 9.15 Å². The summed E-state index contributed by atoms with van der Waals surface area (Å²) in [7, 11) is 0. The molecule has 0 radical (unpaired) electrons. The number of rotatable bonds is 5. The number of carbonyl (C=O) groups excluding carboxylic acids is 2. The number of nitrogens with zero attached hydrogens (tertiary/aromatic N) is 2. The number of amides is 2. The summed E-state index contributed by atoms with van der Waals surface area (Å²) in [5.74, 6) is 1.22. The third kappa shape index (κ3) is 3.95. The van der Waals surface area contributed by atoms with Crippen molar-refractivity contribution in [3.8, 4) is 5.75 Å². The van der Waals surface area contributed by atoms with E-state index in [-0.39, 0.29) is 23.3 Å². The third-order valence-corrected chi connectivity index (χ3v) is 6.57. The zero-order valence-corrected chi connectivity index (χ0v) is 17.8. The second-order valence-corrected chi connectivity index (χ2v) is 8.30. The van der Waals surface area contributed by atoms with Crippen LogP contribution in [0.5, 0.6) is 5.75 Å². The minimum atomic E-state index is -0.324. The van der Waals surface area contributed by atoms with Gasteiger partial charge in [-0.15, -0.1) is 0 Å². The Morgan fingerprint density at radius 3 is 2.53 bits per heavy atom. The number of hydrogen-bond acceptors (Lipinski definition) is 4. The van der Waals surface area contributed by atoms with Gasteiger partial charge in [0.05, 0.1) is 11.8 Å². The minimum absolute atomic E-state index is 0.00284. The quantitative estimate of drug-likeness (QED) is 0.745. The molecule has 30 heavy (non-hydrogen) atoms. The molecule has 6 nitrogen and oxygen atoms in total. The van der Waals surface area contributed by atoms with Crippen LogP contribution in [0.25, 0.3) is 0 Å². The van der Waals surface area contributed by atoms with Gasteiger partial charge in [-0.25, -0.2) is 0 Å². The average molecular weight is 411 g/mol. The highest BCUT2D eigenvalue weighted by molar-refractivity contribution is 5.93. The maximum Gasteiger partial charge on any atom is 0.257 e. The van der Waals surface area contributed by atoms with Crippen LogP contribution >= 0.6 is 0 Å². The Morgan fingerprint density at radius 1 is 1.13 bits per heavy atom. The highest BCUT2D eigenvalue weighted by Crippen LogP contribution is 2.46. The monoisotopic (exact) mass is 410 g/mol. The lowest BCUT2D eigenvalue weighted by Gasteiger charge is -2.47. The predicted molar refractivity (Wildman–Crippen MR) is 114 cm³/mol. The van der Waals surface area contributed by atoms with E-state index >= 15 is 0 Å². The molecule has 2 aromatic rings. The van der Waals surface area contributed by atoms with Gasteiger partial charge in [-0.3, -0.25) is 9.59 Å². The van der Waals surface area contributed by atoms with Crippen LogP contribution in [0.1, 0.15) is 61.4 Å². The Bertz CT molecular complexity index is 880. The molecule has 2 aliphatic rings. The van der Waals surface area contributed by atoms with E-state index in [1.807, 2.05) is 41.8 Å². The van der Waals surface area contributed by atoms with Crippen molar-refractivity contribution in [2.75, 3.05) is 26.2 Å². The summed E-state index contributed by atoms with van der Waals surface area (Å²) in [5, 5.41) is 0. The van der Waals surface area contributed by atoms with Crippen LogP contribution in [0.4, 0.5) is 0 Å². The molecule has 0 N–H and O–H groups in total. The highest BCUT2D eigenvalue weighted by atomic mass is 16.5. The Morgan fingerprint density at radius 2 is 1.87 bits per heavy atom. The molecule has 0 unspecified atom stereocenters. The van der Waals surface area contributed by atoms with Crippen LogP contribution in [0.3, 0.4) is 0 Å². The van der Waals surface area contributed by atoms with E-state index in [1.54, 1.807) is 6.07 Å². The van der Waals surface area contributed by atoms with Crippen molar-refractivity contribution in [1.29, 1.82) is 0 Å². The maximum atomic E-state index is 12.9. The van der Waals surface area contributed by atoms with Crippen LogP contribution in [-0.2, 0) is 4.79 Å². The third-order valence-electron chi connectivity index (χ3n) is 6.57. The van der Waals surface area contributed by atoms with Gasteiger partial charge in [-0.2, -0.15) is 0 Å².